The molecule has 2 heterocycles. The molecule has 6 heteroatoms. The van der Waals surface area contributed by atoms with Gasteiger partial charge in [-0.3, -0.25) is 0 Å². The van der Waals surface area contributed by atoms with Gasteiger partial charge in [0.05, 0.1) is 0 Å². The van der Waals surface area contributed by atoms with Crippen molar-refractivity contribution in [2.45, 2.75) is 32.7 Å². The van der Waals surface area contributed by atoms with Crippen molar-refractivity contribution in [2.75, 3.05) is 6.54 Å². The van der Waals surface area contributed by atoms with Crippen LogP contribution in [-0.4, -0.2) is 32.7 Å². The third-order valence-corrected chi connectivity index (χ3v) is 2.35. The maximum absolute atomic E-state index is 5.16. The highest BCUT2D eigenvalue weighted by molar-refractivity contribution is 5.40. The number of nitrogens with zero attached hydrogens (tertiary/aromatic N) is 4. The summed E-state index contributed by atoms with van der Waals surface area (Å²) in [5.74, 6) is 1.57. The molecule has 0 aliphatic rings. The van der Waals surface area contributed by atoms with E-state index in [2.05, 4.69) is 39.3 Å². The van der Waals surface area contributed by atoms with Gasteiger partial charge in [0.25, 0.3) is 0 Å². The largest absolute Gasteiger partial charge is 0.339 e. The van der Waals surface area contributed by atoms with Crippen molar-refractivity contribution >= 4 is 0 Å². The van der Waals surface area contributed by atoms with Gasteiger partial charge in [-0.25, -0.2) is 9.97 Å². The van der Waals surface area contributed by atoms with E-state index in [1.54, 1.807) is 18.5 Å². The third kappa shape index (κ3) is 3.59. The van der Waals surface area contributed by atoms with Crippen LogP contribution >= 0.6 is 0 Å². The molecular formula is C12H17N5O. The number of nitrogens with one attached hydrogen (secondary N) is 1. The second kappa shape index (κ2) is 6.20. The van der Waals surface area contributed by atoms with Crippen LogP contribution in [0.4, 0.5) is 0 Å². The number of rotatable bonds is 6. The molecule has 0 radical (unpaired) electrons. The van der Waals surface area contributed by atoms with E-state index in [1.165, 1.54) is 0 Å². The first-order valence-electron chi connectivity index (χ1n) is 6.09. The predicted octanol–water partition coefficient (Wildman–Crippen LogP) is 1.46. The molecule has 2 aromatic heterocycles. The summed E-state index contributed by atoms with van der Waals surface area (Å²) in [6, 6.07) is 2.25. The van der Waals surface area contributed by atoms with E-state index in [0.29, 0.717) is 23.6 Å². The van der Waals surface area contributed by atoms with Crippen molar-refractivity contribution in [1.29, 1.82) is 0 Å². The lowest BCUT2D eigenvalue weighted by molar-refractivity contribution is 0.373. The van der Waals surface area contributed by atoms with Crippen LogP contribution in [0.5, 0.6) is 0 Å². The van der Waals surface area contributed by atoms with Crippen molar-refractivity contribution in [3.8, 4) is 11.6 Å². The van der Waals surface area contributed by atoms with Crippen LogP contribution in [0.1, 0.15) is 26.2 Å². The van der Waals surface area contributed by atoms with Gasteiger partial charge in [-0.2, -0.15) is 4.98 Å². The van der Waals surface area contributed by atoms with Gasteiger partial charge in [0.1, 0.15) is 0 Å². The first kappa shape index (κ1) is 12.6. The standard InChI is InChI=1S/C12H17N5O/c1-9(2)13-6-3-5-10-16-12(17-18-10)11-14-7-4-8-15-11/h4,7-9,13H,3,5-6H2,1-2H3. The lowest BCUT2D eigenvalue weighted by Gasteiger charge is -2.05. The molecule has 6 nitrogen and oxygen atoms in total. The van der Waals surface area contributed by atoms with E-state index in [1.807, 2.05) is 0 Å². The SMILES string of the molecule is CC(C)NCCCc1nc(-c2ncccn2)no1. The summed E-state index contributed by atoms with van der Waals surface area (Å²) in [5.41, 5.74) is 0. The Morgan fingerprint density at radius 3 is 2.72 bits per heavy atom. The van der Waals surface area contributed by atoms with Crippen LogP contribution in [0.3, 0.4) is 0 Å². The van der Waals surface area contributed by atoms with E-state index in [4.69, 9.17) is 4.52 Å². The molecule has 1 N–H and O–H groups in total. The topological polar surface area (TPSA) is 76.7 Å². The van der Waals surface area contributed by atoms with Crippen molar-refractivity contribution in [2.24, 2.45) is 0 Å². The molecule has 0 saturated heterocycles. The molecule has 2 rings (SSSR count). The summed E-state index contributed by atoms with van der Waals surface area (Å²) in [6.45, 7) is 5.19. The fraction of sp³-hybridized carbons (Fsp3) is 0.500. The fourth-order valence-electron chi connectivity index (χ4n) is 1.49. The fourth-order valence-corrected chi connectivity index (χ4v) is 1.49. The van der Waals surface area contributed by atoms with Gasteiger partial charge in [0.2, 0.25) is 17.5 Å². The number of hydrogen-bond acceptors (Lipinski definition) is 6. The molecule has 2 aromatic rings. The maximum atomic E-state index is 5.16. The predicted molar refractivity (Wildman–Crippen MR) is 66.8 cm³/mol. The first-order chi connectivity index (χ1) is 8.75. The molecule has 0 aromatic carbocycles. The molecule has 0 amide bonds. The molecule has 0 bridgehead atoms. The molecule has 18 heavy (non-hydrogen) atoms. The van der Waals surface area contributed by atoms with Crippen LogP contribution in [0, 0.1) is 0 Å². The van der Waals surface area contributed by atoms with Gasteiger partial charge >= 0.3 is 0 Å². The minimum Gasteiger partial charge on any atom is -0.339 e. The minimum atomic E-state index is 0.447. The van der Waals surface area contributed by atoms with Gasteiger partial charge in [0, 0.05) is 24.9 Å². The Hall–Kier alpha value is -1.82. The molecule has 0 atom stereocenters. The summed E-state index contributed by atoms with van der Waals surface area (Å²) in [7, 11) is 0. The molecule has 0 aliphatic carbocycles. The smallest absolute Gasteiger partial charge is 0.240 e. The molecule has 0 unspecified atom stereocenters. The maximum Gasteiger partial charge on any atom is 0.240 e. The van der Waals surface area contributed by atoms with Crippen molar-refractivity contribution in [1.82, 2.24) is 25.4 Å². The van der Waals surface area contributed by atoms with Crippen LogP contribution in [-0.2, 0) is 6.42 Å². The summed E-state index contributed by atoms with van der Waals surface area (Å²) in [6.07, 6.45) is 5.05. The zero-order valence-corrected chi connectivity index (χ0v) is 10.6. The Kier molecular flexibility index (Phi) is 4.35. The van der Waals surface area contributed by atoms with Gasteiger partial charge in [-0.1, -0.05) is 19.0 Å². The van der Waals surface area contributed by atoms with Crippen LogP contribution in [0.25, 0.3) is 11.6 Å². The molecule has 0 fully saturated rings. The Labute approximate surface area is 106 Å². The van der Waals surface area contributed by atoms with E-state index >= 15 is 0 Å². The molecular weight excluding hydrogens is 230 g/mol. The zero-order valence-electron chi connectivity index (χ0n) is 10.6. The Balaban J connectivity index is 1.87. The lowest BCUT2D eigenvalue weighted by atomic mass is 10.3. The Morgan fingerprint density at radius 2 is 2.00 bits per heavy atom. The lowest BCUT2D eigenvalue weighted by Crippen LogP contribution is -2.23. The highest BCUT2D eigenvalue weighted by Gasteiger charge is 2.09. The molecule has 0 aliphatic heterocycles. The summed E-state index contributed by atoms with van der Waals surface area (Å²) in [5, 5.41) is 7.21. The number of hydrogen-bond donors (Lipinski definition) is 1. The quantitative estimate of drug-likeness (QED) is 0.779. The van der Waals surface area contributed by atoms with Crippen LogP contribution in [0.2, 0.25) is 0 Å². The van der Waals surface area contributed by atoms with Crippen molar-refractivity contribution < 1.29 is 4.52 Å². The highest BCUT2D eigenvalue weighted by atomic mass is 16.5. The van der Waals surface area contributed by atoms with Gasteiger partial charge in [-0.05, 0) is 19.0 Å². The van der Waals surface area contributed by atoms with Gasteiger partial charge in [-0.15, -0.1) is 0 Å². The second-order valence-corrected chi connectivity index (χ2v) is 4.30. The second-order valence-electron chi connectivity index (χ2n) is 4.30. The molecule has 96 valence electrons. The monoisotopic (exact) mass is 247 g/mol. The van der Waals surface area contributed by atoms with Crippen LogP contribution in [0.15, 0.2) is 23.0 Å². The summed E-state index contributed by atoms with van der Waals surface area (Å²) < 4.78 is 5.16. The number of aryl methyl sites for hydroxylation is 1. The molecule has 0 saturated carbocycles. The normalized spacial score (nSPS) is 11.1. The average molecular weight is 247 g/mol. The number of aromatic nitrogens is 4. The first-order valence-corrected chi connectivity index (χ1v) is 6.09. The summed E-state index contributed by atoms with van der Waals surface area (Å²) >= 11 is 0. The van der Waals surface area contributed by atoms with Gasteiger partial charge in [0.15, 0.2) is 0 Å². The average Bonchev–Trinajstić information content (AvgIpc) is 2.84. The van der Waals surface area contributed by atoms with Crippen LogP contribution < -0.4 is 5.32 Å². The highest BCUT2D eigenvalue weighted by Crippen LogP contribution is 2.09. The van der Waals surface area contributed by atoms with Gasteiger partial charge < -0.3 is 9.84 Å². The van der Waals surface area contributed by atoms with Crippen molar-refractivity contribution in [3.05, 3.63) is 24.4 Å². The van der Waals surface area contributed by atoms with E-state index in [-0.39, 0.29) is 0 Å². The Morgan fingerprint density at radius 1 is 1.22 bits per heavy atom. The zero-order chi connectivity index (χ0) is 12.8. The van der Waals surface area contributed by atoms with E-state index < -0.39 is 0 Å². The minimum absolute atomic E-state index is 0.447. The van der Waals surface area contributed by atoms with Crippen molar-refractivity contribution in [3.63, 3.8) is 0 Å². The third-order valence-electron chi connectivity index (χ3n) is 2.35. The molecule has 0 spiro atoms. The Bertz CT molecular complexity index is 468. The van der Waals surface area contributed by atoms with E-state index in [0.717, 1.165) is 19.4 Å². The van der Waals surface area contributed by atoms with E-state index in [9.17, 15) is 0 Å². The summed E-state index contributed by atoms with van der Waals surface area (Å²) in [4.78, 5) is 12.4.